The van der Waals surface area contributed by atoms with Crippen LogP contribution in [0, 0.1) is 17.2 Å². The van der Waals surface area contributed by atoms with Crippen LogP contribution in [0.1, 0.15) is 19.5 Å². The highest BCUT2D eigenvalue weighted by Gasteiger charge is 2.29. The van der Waals surface area contributed by atoms with E-state index in [-0.39, 0.29) is 23.1 Å². The molecule has 108 valence electrons. The first-order chi connectivity index (χ1) is 9.28. The summed E-state index contributed by atoms with van der Waals surface area (Å²) in [7, 11) is -4.07. The van der Waals surface area contributed by atoms with Crippen LogP contribution in [-0.4, -0.2) is 41.9 Å². The first-order valence-electron chi connectivity index (χ1n) is 5.86. The van der Waals surface area contributed by atoms with Gasteiger partial charge in [-0.1, -0.05) is 13.8 Å². The number of aromatic nitrogens is 1. The Bertz CT molecular complexity index is 634. The molecule has 0 bridgehead atoms. The maximum absolute atomic E-state index is 12.5. The van der Waals surface area contributed by atoms with Gasteiger partial charge in [-0.2, -0.15) is 9.57 Å². The van der Waals surface area contributed by atoms with Crippen LogP contribution < -0.4 is 0 Å². The van der Waals surface area contributed by atoms with E-state index < -0.39 is 22.5 Å². The summed E-state index contributed by atoms with van der Waals surface area (Å²) in [5.74, 6) is -1.30. The summed E-state index contributed by atoms with van der Waals surface area (Å²) in [6.45, 7) is 2.95. The molecule has 0 aliphatic rings. The lowest BCUT2D eigenvalue weighted by atomic mass is 10.2. The van der Waals surface area contributed by atoms with Crippen molar-refractivity contribution in [1.29, 1.82) is 5.26 Å². The molecular weight excluding hydrogens is 282 g/mol. The first kappa shape index (κ1) is 16.1. The minimum absolute atomic E-state index is 0.0497. The predicted octanol–water partition coefficient (Wildman–Crippen LogP) is 0.685. The highest BCUT2D eigenvalue weighted by Crippen LogP contribution is 2.19. The maximum atomic E-state index is 12.5. The van der Waals surface area contributed by atoms with Gasteiger partial charge in [0, 0.05) is 12.7 Å². The Hall–Kier alpha value is -1.98. The zero-order valence-electron chi connectivity index (χ0n) is 11.1. The zero-order chi connectivity index (χ0) is 15.3. The monoisotopic (exact) mass is 297 g/mol. The number of carboxylic acids is 1. The fourth-order valence-corrected chi connectivity index (χ4v) is 3.27. The standard InChI is InChI=1S/C12H15N3O4S/c1-9(2)7-15(8-12(16)17)20(18,19)11-4-3-5-14-10(11)6-13/h3-5,9H,7-8H2,1-2H3,(H,16,17). The van der Waals surface area contributed by atoms with Crippen molar-refractivity contribution in [3.8, 4) is 6.07 Å². The number of aliphatic carboxylic acids is 1. The summed E-state index contributed by atoms with van der Waals surface area (Å²) in [4.78, 5) is 14.3. The van der Waals surface area contributed by atoms with Crippen LogP contribution in [0.5, 0.6) is 0 Å². The number of carbonyl (C=O) groups is 1. The highest BCUT2D eigenvalue weighted by atomic mass is 32.2. The van der Waals surface area contributed by atoms with Crippen molar-refractivity contribution in [2.45, 2.75) is 18.7 Å². The molecule has 0 saturated heterocycles. The lowest BCUT2D eigenvalue weighted by Gasteiger charge is -2.22. The fraction of sp³-hybridized carbons (Fsp3) is 0.417. The molecule has 0 spiro atoms. The molecule has 1 N–H and O–H groups in total. The summed E-state index contributed by atoms with van der Waals surface area (Å²) >= 11 is 0. The Morgan fingerprint density at radius 3 is 2.70 bits per heavy atom. The van der Waals surface area contributed by atoms with Crippen molar-refractivity contribution >= 4 is 16.0 Å². The third-order valence-electron chi connectivity index (χ3n) is 2.37. The van der Waals surface area contributed by atoms with E-state index in [0.29, 0.717) is 0 Å². The minimum atomic E-state index is -4.07. The van der Waals surface area contributed by atoms with Crippen LogP contribution in [0.15, 0.2) is 23.2 Å². The Balaban J connectivity index is 3.29. The van der Waals surface area contributed by atoms with E-state index in [0.717, 1.165) is 4.31 Å². The van der Waals surface area contributed by atoms with Gasteiger partial charge in [0.2, 0.25) is 10.0 Å². The number of nitriles is 1. The molecule has 0 aliphatic heterocycles. The topological polar surface area (TPSA) is 111 Å². The van der Waals surface area contributed by atoms with Gasteiger partial charge in [0.15, 0.2) is 5.69 Å². The molecule has 1 aromatic rings. The molecule has 8 heteroatoms. The summed E-state index contributed by atoms with van der Waals surface area (Å²) in [5, 5.41) is 17.8. The minimum Gasteiger partial charge on any atom is -0.480 e. The van der Waals surface area contributed by atoms with Crippen LogP contribution in [0.25, 0.3) is 0 Å². The number of rotatable bonds is 6. The highest BCUT2D eigenvalue weighted by molar-refractivity contribution is 7.89. The largest absolute Gasteiger partial charge is 0.480 e. The van der Waals surface area contributed by atoms with Gasteiger partial charge in [0.1, 0.15) is 17.5 Å². The molecule has 20 heavy (non-hydrogen) atoms. The van der Waals surface area contributed by atoms with E-state index >= 15 is 0 Å². The van der Waals surface area contributed by atoms with E-state index in [1.807, 2.05) is 0 Å². The van der Waals surface area contributed by atoms with Gasteiger partial charge in [-0.15, -0.1) is 0 Å². The van der Waals surface area contributed by atoms with Crippen molar-refractivity contribution in [3.63, 3.8) is 0 Å². The average Bonchev–Trinajstić information content (AvgIpc) is 2.36. The van der Waals surface area contributed by atoms with E-state index in [1.54, 1.807) is 19.9 Å². The number of sulfonamides is 1. The molecule has 0 amide bonds. The maximum Gasteiger partial charge on any atom is 0.318 e. The first-order valence-corrected chi connectivity index (χ1v) is 7.30. The number of hydrogen-bond donors (Lipinski definition) is 1. The number of hydrogen-bond acceptors (Lipinski definition) is 5. The van der Waals surface area contributed by atoms with Crippen LogP contribution in [0.3, 0.4) is 0 Å². The second-order valence-corrected chi connectivity index (χ2v) is 6.45. The Labute approximate surface area is 117 Å². The van der Waals surface area contributed by atoms with Crippen molar-refractivity contribution < 1.29 is 18.3 Å². The van der Waals surface area contributed by atoms with E-state index in [2.05, 4.69) is 4.98 Å². The van der Waals surface area contributed by atoms with Crippen molar-refractivity contribution in [2.75, 3.05) is 13.1 Å². The van der Waals surface area contributed by atoms with Crippen molar-refractivity contribution in [2.24, 2.45) is 5.92 Å². The third-order valence-corrected chi connectivity index (χ3v) is 4.22. The Kier molecular flexibility index (Phi) is 5.19. The second kappa shape index (κ2) is 6.45. The molecule has 1 heterocycles. The summed E-state index contributed by atoms with van der Waals surface area (Å²) < 4.78 is 25.8. The van der Waals surface area contributed by atoms with Gasteiger partial charge < -0.3 is 5.11 Å². The Morgan fingerprint density at radius 1 is 1.55 bits per heavy atom. The van der Waals surface area contributed by atoms with Gasteiger partial charge in [0.25, 0.3) is 0 Å². The summed E-state index contributed by atoms with van der Waals surface area (Å²) in [6, 6.07) is 4.34. The smallest absolute Gasteiger partial charge is 0.318 e. The van der Waals surface area contributed by atoms with Gasteiger partial charge in [-0.05, 0) is 18.1 Å². The fourth-order valence-electron chi connectivity index (χ4n) is 1.63. The average molecular weight is 297 g/mol. The molecule has 0 fully saturated rings. The van der Waals surface area contributed by atoms with E-state index in [1.165, 1.54) is 18.3 Å². The van der Waals surface area contributed by atoms with Crippen molar-refractivity contribution in [3.05, 3.63) is 24.0 Å². The molecule has 0 aromatic carbocycles. The Morgan fingerprint density at radius 2 is 2.20 bits per heavy atom. The predicted molar refractivity (Wildman–Crippen MR) is 70.2 cm³/mol. The molecule has 7 nitrogen and oxygen atoms in total. The molecule has 0 atom stereocenters. The molecule has 0 aliphatic carbocycles. The SMILES string of the molecule is CC(C)CN(CC(=O)O)S(=O)(=O)c1cccnc1C#N. The van der Waals surface area contributed by atoms with Crippen LogP contribution in [-0.2, 0) is 14.8 Å². The van der Waals surface area contributed by atoms with Gasteiger partial charge >= 0.3 is 5.97 Å². The molecule has 1 rings (SSSR count). The van der Waals surface area contributed by atoms with Crippen LogP contribution >= 0.6 is 0 Å². The molecule has 1 aromatic heterocycles. The summed E-state index contributed by atoms with van der Waals surface area (Å²) in [5.41, 5.74) is -0.244. The lowest BCUT2D eigenvalue weighted by molar-refractivity contribution is -0.137. The van der Waals surface area contributed by atoms with E-state index in [9.17, 15) is 13.2 Å². The van der Waals surface area contributed by atoms with Gasteiger partial charge in [-0.25, -0.2) is 13.4 Å². The number of carboxylic acid groups (broad SMARTS) is 1. The molecule has 0 radical (unpaired) electrons. The number of nitrogens with zero attached hydrogens (tertiary/aromatic N) is 3. The molecule has 0 unspecified atom stereocenters. The quantitative estimate of drug-likeness (QED) is 0.826. The number of pyridine rings is 1. The zero-order valence-corrected chi connectivity index (χ0v) is 12.0. The normalized spacial score (nSPS) is 11.6. The molecule has 0 saturated carbocycles. The summed E-state index contributed by atoms with van der Waals surface area (Å²) in [6.07, 6.45) is 1.31. The van der Waals surface area contributed by atoms with Gasteiger partial charge in [-0.3, -0.25) is 4.79 Å². The van der Waals surface area contributed by atoms with Crippen LogP contribution in [0.2, 0.25) is 0 Å². The van der Waals surface area contributed by atoms with Crippen LogP contribution in [0.4, 0.5) is 0 Å². The van der Waals surface area contributed by atoms with E-state index in [4.69, 9.17) is 10.4 Å². The lowest BCUT2D eigenvalue weighted by Crippen LogP contribution is -2.38. The second-order valence-electron chi connectivity index (χ2n) is 4.55. The third kappa shape index (κ3) is 3.76. The van der Waals surface area contributed by atoms with Crippen molar-refractivity contribution in [1.82, 2.24) is 9.29 Å². The van der Waals surface area contributed by atoms with Gasteiger partial charge in [0.05, 0.1) is 0 Å². The molecular formula is C12H15N3O4S.